The predicted octanol–water partition coefficient (Wildman–Crippen LogP) is 1.69. The van der Waals surface area contributed by atoms with Gasteiger partial charge in [-0.05, 0) is 56.7 Å². The van der Waals surface area contributed by atoms with Crippen LogP contribution >= 0.6 is 38.5 Å². The van der Waals surface area contributed by atoms with E-state index in [0.717, 1.165) is 3.57 Å². The molecule has 0 saturated heterocycles. The van der Waals surface area contributed by atoms with Crippen molar-refractivity contribution in [2.45, 2.75) is 4.90 Å². The molecule has 0 aliphatic carbocycles. The number of halogens is 2. The van der Waals surface area contributed by atoms with Crippen molar-refractivity contribution in [3.05, 3.63) is 38.0 Å². The summed E-state index contributed by atoms with van der Waals surface area (Å²) in [6.07, 6.45) is 1.23. The summed E-state index contributed by atoms with van der Waals surface area (Å²) in [7, 11) is -2.44. The Morgan fingerprint density at radius 1 is 1.48 bits per heavy atom. The molecule has 1 heterocycles. The van der Waals surface area contributed by atoms with Crippen molar-refractivity contribution in [2.75, 3.05) is 5.32 Å². The Labute approximate surface area is 143 Å². The highest BCUT2D eigenvalue weighted by molar-refractivity contribution is 14.1. The van der Waals surface area contributed by atoms with Crippen LogP contribution in [0.2, 0.25) is 0 Å². The third kappa shape index (κ3) is 3.81. The number of benzene rings is 1. The Kier molecular flexibility index (Phi) is 4.70. The Hall–Kier alpha value is -0.980. The van der Waals surface area contributed by atoms with Crippen LogP contribution in [0.1, 0.15) is 10.4 Å². The molecule has 0 radical (unpaired) electrons. The molecule has 1 aromatic heterocycles. The van der Waals surface area contributed by atoms with Crippen molar-refractivity contribution in [1.82, 2.24) is 9.78 Å². The quantitative estimate of drug-likeness (QED) is 0.646. The SMILES string of the molecule is Cn1cc(S(N)(=O)=O)c(NC(=O)c2cc(I)ccc2Br)n1. The Morgan fingerprint density at radius 3 is 2.76 bits per heavy atom. The third-order valence-electron chi connectivity index (χ3n) is 2.51. The molecule has 3 N–H and O–H groups in total. The van der Waals surface area contributed by atoms with Gasteiger partial charge < -0.3 is 5.32 Å². The monoisotopic (exact) mass is 484 g/mol. The number of hydrogen-bond donors (Lipinski definition) is 2. The minimum absolute atomic E-state index is 0.101. The van der Waals surface area contributed by atoms with Gasteiger partial charge in [-0.25, -0.2) is 13.6 Å². The third-order valence-corrected chi connectivity index (χ3v) is 4.78. The topological polar surface area (TPSA) is 107 Å². The fraction of sp³-hybridized carbons (Fsp3) is 0.0909. The number of carbonyl (C=O) groups excluding carboxylic acids is 1. The second-order valence-electron chi connectivity index (χ2n) is 4.14. The number of hydrogen-bond acceptors (Lipinski definition) is 4. The number of primary sulfonamides is 1. The molecule has 0 spiro atoms. The summed E-state index contributed by atoms with van der Waals surface area (Å²) in [5.41, 5.74) is 0.368. The van der Waals surface area contributed by atoms with Gasteiger partial charge in [-0.15, -0.1) is 0 Å². The van der Waals surface area contributed by atoms with Gasteiger partial charge in [-0.1, -0.05) is 0 Å². The minimum atomic E-state index is -3.97. The van der Waals surface area contributed by atoms with Crippen LogP contribution in [0.4, 0.5) is 5.82 Å². The number of nitrogens with zero attached hydrogens (tertiary/aromatic N) is 2. The molecule has 0 fully saturated rings. The molecule has 7 nitrogen and oxygen atoms in total. The van der Waals surface area contributed by atoms with Crippen LogP contribution in [0, 0.1) is 3.57 Å². The van der Waals surface area contributed by atoms with Crippen LogP contribution in [0.3, 0.4) is 0 Å². The molecule has 0 saturated carbocycles. The van der Waals surface area contributed by atoms with E-state index in [-0.39, 0.29) is 10.7 Å². The molecule has 1 amide bonds. The average molecular weight is 485 g/mol. The van der Waals surface area contributed by atoms with E-state index in [2.05, 4.69) is 48.9 Å². The number of anilines is 1. The van der Waals surface area contributed by atoms with Crippen molar-refractivity contribution >= 4 is 60.3 Å². The molecule has 1 aromatic carbocycles. The van der Waals surface area contributed by atoms with Gasteiger partial charge in [0.2, 0.25) is 10.0 Å². The summed E-state index contributed by atoms with van der Waals surface area (Å²) in [6.45, 7) is 0. The standard InChI is InChI=1S/C11H10BrIN4O3S/c1-17-5-9(21(14,19)20)10(16-17)15-11(18)7-4-6(13)2-3-8(7)12/h2-5H,1H3,(H2,14,19,20)(H,15,16,18). The van der Waals surface area contributed by atoms with E-state index in [1.807, 2.05) is 6.07 Å². The molecule has 0 atom stereocenters. The van der Waals surface area contributed by atoms with Gasteiger partial charge >= 0.3 is 0 Å². The normalized spacial score (nSPS) is 11.4. The number of nitrogens with two attached hydrogens (primary N) is 1. The van der Waals surface area contributed by atoms with Crippen LogP contribution < -0.4 is 10.5 Å². The molecule has 21 heavy (non-hydrogen) atoms. The van der Waals surface area contributed by atoms with Gasteiger partial charge in [0.05, 0.1) is 5.56 Å². The van der Waals surface area contributed by atoms with Crippen molar-refractivity contribution in [3.63, 3.8) is 0 Å². The minimum Gasteiger partial charge on any atom is -0.304 e. The molecule has 10 heteroatoms. The van der Waals surface area contributed by atoms with Crippen LogP contribution in [0.25, 0.3) is 0 Å². The number of rotatable bonds is 3. The first-order chi connectivity index (χ1) is 9.68. The van der Waals surface area contributed by atoms with E-state index < -0.39 is 15.9 Å². The van der Waals surface area contributed by atoms with Crippen molar-refractivity contribution in [3.8, 4) is 0 Å². The number of aromatic nitrogens is 2. The van der Waals surface area contributed by atoms with Crippen LogP contribution in [0.5, 0.6) is 0 Å². The highest BCUT2D eigenvalue weighted by atomic mass is 127. The lowest BCUT2D eigenvalue weighted by atomic mass is 10.2. The molecular formula is C11H10BrIN4O3S. The Morgan fingerprint density at radius 2 is 2.14 bits per heavy atom. The zero-order valence-corrected chi connectivity index (χ0v) is 15.2. The molecule has 0 aliphatic heterocycles. The smallest absolute Gasteiger partial charge is 0.258 e. The number of amides is 1. The summed E-state index contributed by atoms with van der Waals surface area (Å²) < 4.78 is 25.7. The van der Waals surface area contributed by atoms with E-state index in [1.165, 1.54) is 17.9 Å². The zero-order valence-electron chi connectivity index (χ0n) is 10.7. The number of carbonyl (C=O) groups is 1. The maximum atomic E-state index is 12.2. The maximum Gasteiger partial charge on any atom is 0.258 e. The number of sulfonamides is 1. The molecule has 0 bridgehead atoms. The zero-order chi connectivity index (χ0) is 15.8. The van der Waals surface area contributed by atoms with Crippen LogP contribution in [0.15, 0.2) is 33.8 Å². The lowest BCUT2D eigenvalue weighted by Crippen LogP contribution is -2.18. The number of aryl methyl sites for hydroxylation is 1. The Balaban J connectivity index is 2.39. The lowest BCUT2D eigenvalue weighted by Gasteiger charge is -2.06. The van der Waals surface area contributed by atoms with Gasteiger partial charge in [0, 0.05) is 21.3 Å². The van der Waals surface area contributed by atoms with Gasteiger partial charge in [-0.2, -0.15) is 5.10 Å². The van der Waals surface area contributed by atoms with Gasteiger partial charge in [-0.3, -0.25) is 9.48 Å². The second kappa shape index (κ2) is 6.02. The molecule has 2 aromatic rings. The fourth-order valence-electron chi connectivity index (χ4n) is 1.61. The predicted molar refractivity (Wildman–Crippen MR) is 89.4 cm³/mol. The molecule has 0 unspecified atom stereocenters. The molecular weight excluding hydrogens is 475 g/mol. The molecule has 0 aliphatic rings. The average Bonchev–Trinajstić information content (AvgIpc) is 2.73. The van der Waals surface area contributed by atoms with Gasteiger partial charge in [0.25, 0.3) is 5.91 Å². The van der Waals surface area contributed by atoms with Crippen molar-refractivity contribution in [2.24, 2.45) is 12.2 Å². The van der Waals surface area contributed by atoms with Gasteiger partial charge in [0.15, 0.2) is 5.82 Å². The largest absolute Gasteiger partial charge is 0.304 e. The first kappa shape index (κ1) is 16.4. The van der Waals surface area contributed by atoms with Crippen LogP contribution in [-0.2, 0) is 17.1 Å². The van der Waals surface area contributed by atoms with E-state index in [1.54, 1.807) is 12.1 Å². The first-order valence-electron chi connectivity index (χ1n) is 5.51. The summed E-state index contributed by atoms with van der Waals surface area (Å²) >= 11 is 5.35. The first-order valence-corrected chi connectivity index (χ1v) is 8.93. The highest BCUT2D eigenvalue weighted by Gasteiger charge is 2.21. The number of nitrogens with one attached hydrogen (secondary N) is 1. The second-order valence-corrected chi connectivity index (χ2v) is 7.77. The van der Waals surface area contributed by atoms with E-state index >= 15 is 0 Å². The van der Waals surface area contributed by atoms with Crippen molar-refractivity contribution in [1.29, 1.82) is 0 Å². The summed E-state index contributed by atoms with van der Waals surface area (Å²) in [5.74, 6) is -0.584. The molecule has 2 rings (SSSR count). The maximum absolute atomic E-state index is 12.2. The van der Waals surface area contributed by atoms with Crippen molar-refractivity contribution < 1.29 is 13.2 Å². The lowest BCUT2D eigenvalue weighted by molar-refractivity contribution is 0.102. The molecule has 112 valence electrons. The van der Waals surface area contributed by atoms with Gasteiger partial charge in [0.1, 0.15) is 4.90 Å². The summed E-state index contributed by atoms with van der Waals surface area (Å²) in [4.78, 5) is 12.0. The van der Waals surface area contributed by atoms with E-state index in [0.29, 0.717) is 10.0 Å². The Bertz CT molecular complexity index is 819. The van der Waals surface area contributed by atoms with Crippen LogP contribution in [-0.4, -0.2) is 24.1 Å². The fourth-order valence-corrected chi connectivity index (χ4v) is 3.19. The van der Waals surface area contributed by atoms with E-state index in [9.17, 15) is 13.2 Å². The highest BCUT2D eigenvalue weighted by Crippen LogP contribution is 2.22. The summed E-state index contributed by atoms with van der Waals surface area (Å²) in [6, 6.07) is 5.23. The van der Waals surface area contributed by atoms with E-state index in [4.69, 9.17) is 5.14 Å². The summed E-state index contributed by atoms with van der Waals surface area (Å²) in [5, 5.41) is 11.5.